The van der Waals surface area contributed by atoms with Gasteiger partial charge in [0.25, 0.3) is 5.91 Å². The smallest absolute Gasteiger partial charge is 0.271 e. The van der Waals surface area contributed by atoms with Gasteiger partial charge in [0, 0.05) is 5.56 Å². The lowest BCUT2D eigenvalue weighted by molar-refractivity contribution is 0.0954. The quantitative estimate of drug-likeness (QED) is 0.321. The average molecular weight is 332 g/mol. The fourth-order valence-corrected chi connectivity index (χ4v) is 1.85. The molecule has 5 N–H and O–H groups in total. The Morgan fingerprint density at radius 1 is 1.12 bits per heavy atom. The van der Waals surface area contributed by atoms with Gasteiger partial charge < -0.3 is 25.2 Å². The van der Waals surface area contributed by atoms with E-state index in [0.29, 0.717) is 17.9 Å². The number of carbonyl (C=O) groups is 1. The van der Waals surface area contributed by atoms with Crippen LogP contribution in [0.5, 0.6) is 28.7 Å². The minimum absolute atomic E-state index is 0.00641. The summed E-state index contributed by atoms with van der Waals surface area (Å²) in [5.74, 6) is -2.36. The van der Waals surface area contributed by atoms with E-state index in [1.807, 2.05) is 0 Å². The highest BCUT2D eigenvalue weighted by Crippen LogP contribution is 2.35. The number of nitrogens with zero attached hydrogens (tertiary/aromatic N) is 1. The van der Waals surface area contributed by atoms with Crippen LogP contribution >= 0.6 is 0 Å². The van der Waals surface area contributed by atoms with Gasteiger partial charge >= 0.3 is 0 Å². The molecule has 24 heavy (non-hydrogen) atoms. The number of phenolic OH excluding ortho intramolecular Hbond substituents is 4. The van der Waals surface area contributed by atoms with Crippen LogP contribution in [0.2, 0.25) is 0 Å². The van der Waals surface area contributed by atoms with Gasteiger partial charge in [-0.1, -0.05) is 0 Å². The zero-order valence-electron chi connectivity index (χ0n) is 12.7. The molecule has 8 heteroatoms. The molecule has 0 aromatic heterocycles. The van der Waals surface area contributed by atoms with E-state index in [1.165, 1.54) is 12.3 Å². The van der Waals surface area contributed by atoms with Crippen LogP contribution in [0.25, 0.3) is 0 Å². The third-order valence-electron chi connectivity index (χ3n) is 3.00. The van der Waals surface area contributed by atoms with Gasteiger partial charge in [-0.3, -0.25) is 4.79 Å². The van der Waals surface area contributed by atoms with Gasteiger partial charge in [0.15, 0.2) is 28.7 Å². The van der Waals surface area contributed by atoms with E-state index in [9.17, 15) is 25.2 Å². The fourth-order valence-electron chi connectivity index (χ4n) is 1.85. The maximum atomic E-state index is 11.9. The number of amides is 1. The molecule has 8 nitrogen and oxygen atoms in total. The molecule has 0 saturated heterocycles. The van der Waals surface area contributed by atoms with Crippen molar-refractivity contribution in [2.75, 3.05) is 6.61 Å². The van der Waals surface area contributed by atoms with Crippen LogP contribution in [0, 0.1) is 0 Å². The number of hydrazone groups is 1. The molecule has 0 spiro atoms. The maximum absolute atomic E-state index is 11.9. The zero-order valence-corrected chi connectivity index (χ0v) is 12.7. The van der Waals surface area contributed by atoms with E-state index < -0.39 is 23.2 Å². The molecule has 0 radical (unpaired) electrons. The van der Waals surface area contributed by atoms with Crippen molar-refractivity contribution in [1.29, 1.82) is 0 Å². The molecule has 0 aliphatic rings. The Bertz CT molecular complexity index is 765. The number of carbonyl (C=O) groups excluding carboxylic acids is 1. The van der Waals surface area contributed by atoms with E-state index in [1.54, 1.807) is 19.1 Å². The largest absolute Gasteiger partial charge is 0.504 e. The van der Waals surface area contributed by atoms with Gasteiger partial charge in [0.05, 0.1) is 12.8 Å². The van der Waals surface area contributed by atoms with Crippen LogP contribution in [-0.4, -0.2) is 39.2 Å². The van der Waals surface area contributed by atoms with Crippen molar-refractivity contribution in [3.63, 3.8) is 0 Å². The molecule has 2 aromatic carbocycles. The highest BCUT2D eigenvalue weighted by molar-refractivity contribution is 5.96. The molecular formula is C16H16N2O6. The predicted octanol–water partition coefficient (Wildman–Crippen LogP) is 1.67. The molecule has 0 unspecified atom stereocenters. The van der Waals surface area contributed by atoms with Crippen molar-refractivity contribution >= 4 is 12.1 Å². The Balaban J connectivity index is 2.09. The lowest BCUT2D eigenvalue weighted by Crippen LogP contribution is -2.17. The second-order valence-corrected chi connectivity index (χ2v) is 4.72. The number of hydrogen-bond acceptors (Lipinski definition) is 7. The summed E-state index contributed by atoms with van der Waals surface area (Å²) in [5.41, 5.74) is 2.70. The summed E-state index contributed by atoms with van der Waals surface area (Å²) in [6.45, 7) is 2.17. The second kappa shape index (κ2) is 7.23. The molecule has 0 bridgehead atoms. The Hall–Kier alpha value is -3.42. The molecule has 0 aliphatic carbocycles. The molecule has 0 fully saturated rings. The first-order chi connectivity index (χ1) is 11.4. The molecule has 126 valence electrons. The standard InChI is InChI=1S/C16H16N2O6/c1-2-24-14-5-9(3-4-11(14)19)8-17-18-16(23)10-6-12(20)15(22)13(21)7-10/h3-8,19-22H,2H2,1H3,(H,18,23)/b17-8-. The summed E-state index contributed by atoms with van der Waals surface area (Å²) >= 11 is 0. The predicted molar refractivity (Wildman–Crippen MR) is 85.8 cm³/mol. The summed E-state index contributed by atoms with van der Waals surface area (Å²) < 4.78 is 5.23. The number of aromatic hydroxyl groups is 4. The molecular weight excluding hydrogens is 316 g/mol. The number of hydrogen-bond donors (Lipinski definition) is 5. The van der Waals surface area contributed by atoms with Crippen LogP contribution in [0.4, 0.5) is 0 Å². The van der Waals surface area contributed by atoms with Gasteiger partial charge in [-0.05, 0) is 42.8 Å². The summed E-state index contributed by atoms with van der Waals surface area (Å²) in [6.07, 6.45) is 1.33. The van der Waals surface area contributed by atoms with Gasteiger partial charge in [0.1, 0.15) is 0 Å². The minimum atomic E-state index is -0.706. The molecule has 0 aliphatic heterocycles. The van der Waals surface area contributed by atoms with Crippen molar-refractivity contribution in [3.8, 4) is 28.7 Å². The summed E-state index contributed by atoms with van der Waals surface area (Å²) in [7, 11) is 0. The number of rotatable bonds is 5. The van der Waals surface area contributed by atoms with E-state index in [0.717, 1.165) is 12.1 Å². The van der Waals surface area contributed by atoms with Crippen LogP contribution in [0.1, 0.15) is 22.8 Å². The molecule has 0 heterocycles. The topological polar surface area (TPSA) is 132 Å². The van der Waals surface area contributed by atoms with E-state index in [4.69, 9.17) is 4.74 Å². The summed E-state index contributed by atoms with van der Waals surface area (Å²) in [4.78, 5) is 11.9. The Morgan fingerprint density at radius 3 is 2.42 bits per heavy atom. The van der Waals surface area contributed by atoms with Crippen molar-refractivity contribution in [1.82, 2.24) is 5.43 Å². The van der Waals surface area contributed by atoms with Crippen molar-refractivity contribution in [2.45, 2.75) is 6.92 Å². The number of ether oxygens (including phenoxy) is 1. The Kier molecular flexibility index (Phi) is 5.10. The maximum Gasteiger partial charge on any atom is 0.271 e. The van der Waals surface area contributed by atoms with E-state index in [2.05, 4.69) is 10.5 Å². The Labute approximate surface area is 137 Å². The number of benzene rings is 2. The summed E-state index contributed by atoms with van der Waals surface area (Å²) in [6, 6.07) is 6.55. The van der Waals surface area contributed by atoms with Crippen LogP contribution in [-0.2, 0) is 0 Å². The van der Waals surface area contributed by atoms with Gasteiger partial charge in [-0.2, -0.15) is 5.10 Å². The fraction of sp³-hybridized carbons (Fsp3) is 0.125. The highest BCUT2D eigenvalue weighted by atomic mass is 16.5. The van der Waals surface area contributed by atoms with E-state index >= 15 is 0 Å². The van der Waals surface area contributed by atoms with E-state index in [-0.39, 0.29) is 11.3 Å². The number of nitrogens with one attached hydrogen (secondary N) is 1. The lowest BCUT2D eigenvalue weighted by Gasteiger charge is -2.06. The first kappa shape index (κ1) is 16.9. The average Bonchev–Trinajstić information content (AvgIpc) is 2.55. The van der Waals surface area contributed by atoms with Crippen LogP contribution < -0.4 is 10.2 Å². The first-order valence-corrected chi connectivity index (χ1v) is 6.96. The normalized spacial score (nSPS) is 10.7. The molecule has 0 saturated carbocycles. The van der Waals surface area contributed by atoms with Crippen LogP contribution in [0.15, 0.2) is 35.4 Å². The van der Waals surface area contributed by atoms with Crippen LogP contribution in [0.3, 0.4) is 0 Å². The van der Waals surface area contributed by atoms with Gasteiger partial charge in [0.2, 0.25) is 0 Å². The van der Waals surface area contributed by atoms with Gasteiger partial charge in [-0.15, -0.1) is 0 Å². The van der Waals surface area contributed by atoms with Crippen molar-refractivity contribution in [2.24, 2.45) is 5.10 Å². The monoisotopic (exact) mass is 332 g/mol. The van der Waals surface area contributed by atoms with Gasteiger partial charge in [-0.25, -0.2) is 5.43 Å². The Morgan fingerprint density at radius 2 is 1.79 bits per heavy atom. The molecule has 0 atom stereocenters. The second-order valence-electron chi connectivity index (χ2n) is 4.72. The first-order valence-electron chi connectivity index (χ1n) is 6.96. The highest BCUT2D eigenvalue weighted by Gasteiger charge is 2.13. The molecule has 1 amide bonds. The molecule has 2 aromatic rings. The van der Waals surface area contributed by atoms with Crippen molar-refractivity contribution in [3.05, 3.63) is 41.5 Å². The summed E-state index contributed by atoms with van der Waals surface area (Å²) in [5, 5.41) is 41.3. The third kappa shape index (κ3) is 3.86. The lowest BCUT2D eigenvalue weighted by atomic mass is 10.2. The third-order valence-corrected chi connectivity index (χ3v) is 3.00. The van der Waals surface area contributed by atoms with Crippen molar-refractivity contribution < 1.29 is 30.0 Å². The zero-order chi connectivity index (χ0) is 17.7. The minimum Gasteiger partial charge on any atom is -0.504 e. The molecule has 2 rings (SSSR count). The number of phenols is 4. The SMILES string of the molecule is CCOc1cc(/C=N\NC(=O)c2cc(O)c(O)c(O)c2)ccc1O.